The molecule has 3 saturated heterocycles. The fourth-order valence-corrected chi connectivity index (χ4v) is 5.44. The molecule has 0 amide bonds. The first kappa shape index (κ1) is 23.1. The highest BCUT2D eigenvalue weighted by atomic mass is 16.5. The number of piperazine rings is 1. The molecular weight excluding hydrogens is 452 g/mol. The fraction of sp³-hybridized carbons (Fsp3) is 0.444. The van der Waals surface area contributed by atoms with Crippen LogP contribution in [0.4, 0.5) is 23.1 Å². The van der Waals surface area contributed by atoms with Gasteiger partial charge in [0.05, 0.1) is 18.9 Å². The number of pyridine rings is 1. The van der Waals surface area contributed by atoms with Crippen LogP contribution in [0.5, 0.6) is 0 Å². The van der Waals surface area contributed by atoms with E-state index in [0.29, 0.717) is 18.0 Å². The number of aromatic nitrogens is 3. The number of ether oxygens (including phenoxy) is 1. The molecule has 2 aromatic heterocycles. The first-order chi connectivity index (χ1) is 17.7. The van der Waals surface area contributed by atoms with E-state index >= 15 is 0 Å². The van der Waals surface area contributed by atoms with E-state index in [1.807, 2.05) is 24.4 Å². The smallest absolute Gasteiger partial charge is 0.227 e. The standard InChI is InChI=1S/C27H34N8O/c1-33-18-24-16-23(33)19-35(24)22-5-3-21(4-6-22)31-27-29-9-8-25(32-27)20-2-7-26(30-17-20)28-10-11-34-12-14-36-15-13-34/h2-9,17,23-24H,10-16,18-19H2,1H3,(H,28,30)(H,29,31,32)/t23-,24-/m0/s1. The molecule has 2 N–H and O–H groups in total. The Morgan fingerprint density at radius 2 is 1.83 bits per heavy atom. The zero-order chi connectivity index (χ0) is 24.3. The van der Waals surface area contributed by atoms with Gasteiger partial charge in [0.25, 0.3) is 0 Å². The van der Waals surface area contributed by atoms with Crippen molar-refractivity contribution in [1.29, 1.82) is 0 Å². The molecule has 2 bridgehead atoms. The number of nitrogens with zero attached hydrogens (tertiary/aromatic N) is 6. The number of anilines is 4. The number of rotatable bonds is 8. The van der Waals surface area contributed by atoms with Crippen LogP contribution in [-0.4, -0.2) is 96.4 Å². The highest BCUT2D eigenvalue weighted by molar-refractivity contribution is 5.64. The van der Waals surface area contributed by atoms with Crippen LogP contribution < -0.4 is 15.5 Å². The van der Waals surface area contributed by atoms with Gasteiger partial charge >= 0.3 is 0 Å². The van der Waals surface area contributed by atoms with E-state index in [1.54, 1.807) is 6.20 Å². The number of morpholine rings is 1. The maximum atomic E-state index is 5.40. The number of hydrogen-bond donors (Lipinski definition) is 2. The SMILES string of the molecule is CN1C[C@@H]2C[C@H]1CN2c1ccc(Nc2nccc(-c3ccc(NCCN4CCOCC4)nc3)n2)cc1. The van der Waals surface area contributed by atoms with Crippen LogP contribution in [0.15, 0.2) is 54.9 Å². The van der Waals surface area contributed by atoms with Gasteiger partial charge in [-0.25, -0.2) is 15.0 Å². The maximum absolute atomic E-state index is 5.40. The first-order valence-corrected chi connectivity index (χ1v) is 12.9. The lowest BCUT2D eigenvalue weighted by atomic mass is 10.2. The van der Waals surface area contributed by atoms with Crippen molar-refractivity contribution in [2.45, 2.75) is 18.5 Å². The Hall–Kier alpha value is -3.27. The van der Waals surface area contributed by atoms with Crippen LogP contribution in [-0.2, 0) is 4.74 Å². The van der Waals surface area contributed by atoms with Crippen molar-refractivity contribution in [3.8, 4) is 11.3 Å². The molecule has 0 spiro atoms. The summed E-state index contributed by atoms with van der Waals surface area (Å²) in [6, 6.07) is 15.9. The monoisotopic (exact) mass is 486 g/mol. The molecule has 0 saturated carbocycles. The normalized spacial score (nSPS) is 22.2. The zero-order valence-corrected chi connectivity index (χ0v) is 20.8. The molecule has 1 aromatic carbocycles. The van der Waals surface area contributed by atoms with Crippen molar-refractivity contribution in [2.24, 2.45) is 0 Å². The molecule has 5 heterocycles. The summed E-state index contributed by atoms with van der Waals surface area (Å²) in [6.45, 7) is 7.78. The van der Waals surface area contributed by atoms with Gasteiger partial charge in [-0.2, -0.15) is 0 Å². The number of fused-ring (bicyclic) bond motifs is 2. The van der Waals surface area contributed by atoms with Gasteiger partial charge in [0, 0.05) is 80.7 Å². The van der Waals surface area contributed by atoms with Crippen molar-refractivity contribution in [2.75, 3.05) is 75.1 Å². The number of hydrogen-bond acceptors (Lipinski definition) is 9. The largest absolute Gasteiger partial charge is 0.379 e. The van der Waals surface area contributed by atoms with E-state index in [9.17, 15) is 0 Å². The molecule has 2 atom stereocenters. The van der Waals surface area contributed by atoms with E-state index in [0.717, 1.165) is 75.2 Å². The van der Waals surface area contributed by atoms with E-state index in [4.69, 9.17) is 9.72 Å². The molecule has 6 rings (SSSR count). The Morgan fingerprint density at radius 3 is 2.56 bits per heavy atom. The third-order valence-electron chi connectivity index (χ3n) is 7.52. The summed E-state index contributed by atoms with van der Waals surface area (Å²) in [5.74, 6) is 1.45. The Labute approximate surface area is 212 Å². The molecule has 3 aliphatic rings. The molecule has 188 valence electrons. The van der Waals surface area contributed by atoms with Gasteiger partial charge in [0.15, 0.2) is 0 Å². The molecule has 36 heavy (non-hydrogen) atoms. The summed E-state index contributed by atoms with van der Waals surface area (Å²) in [5, 5.41) is 6.75. The second-order valence-corrected chi connectivity index (χ2v) is 9.89. The van der Waals surface area contributed by atoms with Gasteiger partial charge < -0.3 is 20.3 Å². The highest BCUT2D eigenvalue weighted by Crippen LogP contribution is 2.34. The third kappa shape index (κ3) is 5.13. The Morgan fingerprint density at radius 1 is 0.972 bits per heavy atom. The minimum Gasteiger partial charge on any atom is -0.379 e. The summed E-state index contributed by atoms with van der Waals surface area (Å²) >= 11 is 0. The van der Waals surface area contributed by atoms with Gasteiger partial charge in [-0.3, -0.25) is 9.80 Å². The van der Waals surface area contributed by atoms with Crippen LogP contribution >= 0.6 is 0 Å². The van der Waals surface area contributed by atoms with E-state index in [-0.39, 0.29) is 0 Å². The molecule has 0 aliphatic carbocycles. The van der Waals surface area contributed by atoms with Crippen LogP contribution in [0.2, 0.25) is 0 Å². The molecule has 0 unspecified atom stereocenters. The average Bonchev–Trinajstić information content (AvgIpc) is 3.50. The molecule has 0 radical (unpaired) electrons. The summed E-state index contributed by atoms with van der Waals surface area (Å²) in [7, 11) is 2.23. The van der Waals surface area contributed by atoms with Gasteiger partial charge in [0.1, 0.15) is 5.82 Å². The second-order valence-electron chi connectivity index (χ2n) is 9.89. The van der Waals surface area contributed by atoms with Gasteiger partial charge in [-0.15, -0.1) is 0 Å². The summed E-state index contributed by atoms with van der Waals surface area (Å²) in [5.41, 5.74) is 4.08. The van der Waals surface area contributed by atoms with Crippen molar-refractivity contribution in [1.82, 2.24) is 24.8 Å². The summed E-state index contributed by atoms with van der Waals surface area (Å²) in [6.07, 6.45) is 4.92. The van der Waals surface area contributed by atoms with Crippen LogP contribution in [0.1, 0.15) is 6.42 Å². The van der Waals surface area contributed by atoms with Gasteiger partial charge in [-0.05, 0) is 55.9 Å². The molecule has 3 aliphatic heterocycles. The van der Waals surface area contributed by atoms with Gasteiger partial charge in [0.2, 0.25) is 5.95 Å². The number of benzene rings is 1. The third-order valence-corrected chi connectivity index (χ3v) is 7.52. The maximum Gasteiger partial charge on any atom is 0.227 e. The number of likely N-dealkylation sites (N-methyl/N-ethyl adjacent to an activating group) is 1. The lowest BCUT2D eigenvalue weighted by Gasteiger charge is -2.33. The summed E-state index contributed by atoms with van der Waals surface area (Å²) in [4.78, 5) is 21.1. The van der Waals surface area contributed by atoms with Crippen molar-refractivity contribution >= 4 is 23.1 Å². The summed E-state index contributed by atoms with van der Waals surface area (Å²) < 4.78 is 5.40. The average molecular weight is 487 g/mol. The van der Waals surface area contributed by atoms with Crippen LogP contribution in [0.3, 0.4) is 0 Å². The molecule has 3 aromatic rings. The predicted octanol–water partition coefficient (Wildman–Crippen LogP) is 2.92. The molecule has 9 heteroatoms. The highest BCUT2D eigenvalue weighted by Gasteiger charge is 2.41. The lowest BCUT2D eigenvalue weighted by Crippen LogP contribution is -2.44. The minimum absolute atomic E-state index is 0.579. The van der Waals surface area contributed by atoms with E-state index in [1.165, 1.54) is 12.1 Å². The first-order valence-electron chi connectivity index (χ1n) is 12.9. The number of nitrogens with one attached hydrogen (secondary N) is 2. The van der Waals surface area contributed by atoms with Crippen LogP contribution in [0, 0.1) is 0 Å². The second kappa shape index (κ2) is 10.4. The molecular formula is C27H34N8O. The molecule has 3 fully saturated rings. The topological polar surface area (TPSA) is 81.7 Å². The zero-order valence-electron chi connectivity index (χ0n) is 20.8. The molecule has 9 nitrogen and oxygen atoms in total. The van der Waals surface area contributed by atoms with E-state index < -0.39 is 0 Å². The van der Waals surface area contributed by atoms with Crippen molar-refractivity contribution in [3.05, 3.63) is 54.9 Å². The number of likely N-dealkylation sites (tertiary alicyclic amines) is 1. The Kier molecular flexibility index (Phi) is 6.67. The Bertz CT molecular complexity index is 1150. The van der Waals surface area contributed by atoms with E-state index in [2.05, 4.69) is 66.6 Å². The fourth-order valence-electron chi connectivity index (χ4n) is 5.44. The predicted molar refractivity (Wildman–Crippen MR) is 143 cm³/mol. The quantitative estimate of drug-likeness (QED) is 0.499. The van der Waals surface area contributed by atoms with Gasteiger partial charge in [-0.1, -0.05) is 0 Å². The Balaban J connectivity index is 1.04. The van der Waals surface area contributed by atoms with Crippen LogP contribution in [0.25, 0.3) is 11.3 Å². The van der Waals surface area contributed by atoms with Crippen molar-refractivity contribution in [3.63, 3.8) is 0 Å². The van der Waals surface area contributed by atoms with Crippen molar-refractivity contribution < 1.29 is 4.74 Å². The lowest BCUT2D eigenvalue weighted by molar-refractivity contribution is 0.0398. The minimum atomic E-state index is 0.579.